The fourth-order valence-electron chi connectivity index (χ4n) is 3.50. The number of carbonyl (C=O) groups is 1. The van der Waals surface area contributed by atoms with E-state index in [0.717, 1.165) is 0 Å². The number of methoxy groups -OCH3 is 1. The van der Waals surface area contributed by atoms with Gasteiger partial charge in [-0.1, -0.05) is 11.6 Å². The van der Waals surface area contributed by atoms with Crippen LogP contribution in [0, 0.1) is 0 Å². The van der Waals surface area contributed by atoms with Crippen LogP contribution in [0.4, 0.5) is 0 Å². The van der Waals surface area contributed by atoms with E-state index in [1.807, 2.05) is 13.8 Å². The van der Waals surface area contributed by atoms with Crippen LogP contribution in [0.15, 0.2) is 24.0 Å². The Hall–Kier alpha value is -2.00. The molecule has 2 atom stereocenters. The van der Waals surface area contributed by atoms with Crippen LogP contribution in [0.5, 0.6) is 6.01 Å². The zero-order valence-corrected chi connectivity index (χ0v) is 16.1. The fourth-order valence-corrected chi connectivity index (χ4v) is 5.51. The number of hydrogen-bond acceptors (Lipinski definition) is 7. The molecule has 2 aliphatic rings. The normalized spacial score (nSPS) is 24.8. The first-order valence-corrected chi connectivity index (χ1v) is 10.4. The van der Waals surface area contributed by atoms with Crippen molar-refractivity contribution in [2.75, 3.05) is 38.2 Å². The summed E-state index contributed by atoms with van der Waals surface area (Å²) in [6.07, 6.45) is 4.93. The predicted molar refractivity (Wildman–Crippen MR) is 96.9 cm³/mol. The highest BCUT2D eigenvalue weighted by Gasteiger charge is 2.47. The van der Waals surface area contributed by atoms with Gasteiger partial charge in [0.15, 0.2) is 9.84 Å². The molecule has 2 saturated heterocycles. The number of carbonyl (C=O) groups excluding carboxylic acids is 1. The average Bonchev–Trinajstić information content (AvgIpc) is 2.94. The summed E-state index contributed by atoms with van der Waals surface area (Å²) >= 11 is 0. The van der Waals surface area contributed by atoms with Gasteiger partial charge in [-0.05, 0) is 13.8 Å². The lowest BCUT2D eigenvalue weighted by molar-refractivity contribution is 0.0367. The molecule has 2 fully saturated rings. The Kier molecular flexibility index (Phi) is 5.29. The van der Waals surface area contributed by atoms with Crippen LogP contribution in [0.1, 0.15) is 24.2 Å². The first-order chi connectivity index (χ1) is 12.3. The molecule has 8 nitrogen and oxygen atoms in total. The van der Waals surface area contributed by atoms with Gasteiger partial charge in [-0.15, -0.1) is 0 Å². The molecule has 0 saturated carbocycles. The van der Waals surface area contributed by atoms with E-state index >= 15 is 0 Å². The van der Waals surface area contributed by atoms with Crippen LogP contribution >= 0.6 is 0 Å². The van der Waals surface area contributed by atoms with E-state index in [1.165, 1.54) is 25.1 Å². The van der Waals surface area contributed by atoms with E-state index in [2.05, 4.69) is 20.9 Å². The van der Waals surface area contributed by atoms with E-state index < -0.39 is 9.84 Å². The molecule has 0 aliphatic carbocycles. The number of allylic oxidation sites excluding steroid dienone is 1. The number of fused-ring (bicyclic) bond motifs is 1. The largest absolute Gasteiger partial charge is 0.467 e. The minimum atomic E-state index is -3.17. The van der Waals surface area contributed by atoms with E-state index in [4.69, 9.17) is 4.74 Å². The molecule has 0 unspecified atom stereocenters. The number of amides is 1. The second-order valence-corrected chi connectivity index (χ2v) is 9.10. The molecule has 1 amide bonds. The molecule has 3 heterocycles. The van der Waals surface area contributed by atoms with Gasteiger partial charge in [-0.25, -0.2) is 18.4 Å². The number of sulfone groups is 1. The van der Waals surface area contributed by atoms with E-state index in [1.54, 1.807) is 4.90 Å². The molecule has 0 aromatic carbocycles. The summed E-state index contributed by atoms with van der Waals surface area (Å²) in [5.74, 6) is -0.135. The molecule has 2 aliphatic heterocycles. The van der Waals surface area contributed by atoms with Crippen molar-refractivity contribution < 1.29 is 17.9 Å². The van der Waals surface area contributed by atoms with Crippen molar-refractivity contribution >= 4 is 15.7 Å². The monoisotopic (exact) mass is 380 g/mol. The molecule has 142 valence electrons. The number of nitrogens with zero attached hydrogens (tertiary/aromatic N) is 4. The second-order valence-electron chi connectivity index (χ2n) is 6.94. The molecular weight excluding hydrogens is 356 g/mol. The van der Waals surface area contributed by atoms with Gasteiger partial charge in [-0.2, -0.15) is 0 Å². The van der Waals surface area contributed by atoms with Gasteiger partial charge in [0.2, 0.25) is 0 Å². The molecule has 0 N–H and O–H groups in total. The number of piperazine rings is 1. The summed E-state index contributed by atoms with van der Waals surface area (Å²) in [4.78, 5) is 24.7. The highest BCUT2D eigenvalue weighted by Crippen LogP contribution is 2.28. The van der Waals surface area contributed by atoms with Crippen LogP contribution in [-0.4, -0.2) is 84.4 Å². The van der Waals surface area contributed by atoms with Gasteiger partial charge < -0.3 is 9.64 Å². The number of ether oxygens (including phenoxy) is 1. The van der Waals surface area contributed by atoms with Gasteiger partial charge >= 0.3 is 6.01 Å². The zero-order valence-electron chi connectivity index (χ0n) is 15.3. The summed E-state index contributed by atoms with van der Waals surface area (Å²) in [6.45, 7) is 5.87. The van der Waals surface area contributed by atoms with Crippen LogP contribution in [0.2, 0.25) is 0 Å². The topological polar surface area (TPSA) is 92.7 Å². The van der Waals surface area contributed by atoms with Gasteiger partial charge in [0.25, 0.3) is 5.91 Å². The van der Waals surface area contributed by atoms with Crippen LogP contribution in [-0.2, 0) is 9.84 Å². The Balaban J connectivity index is 1.82. The number of hydrogen-bond donors (Lipinski definition) is 0. The van der Waals surface area contributed by atoms with Crippen molar-refractivity contribution in [1.29, 1.82) is 0 Å². The van der Waals surface area contributed by atoms with E-state index in [-0.39, 0.29) is 35.5 Å². The lowest BCUT2D eigenvalue weighted by Crippen LogP contribution is -2.60. The molecule has 0 bridgehead atoms. The molecule has 1 aromatic rings. The SMILES string of the molecule is COc1ncc(C(=O)N2CCN(CC=C(C)C)[C@@H]3CS(=O)(=O)C[C@@H]32)cn1. The average molecular weight is 380 g/mol. The first-order valence-electron chi connectivity index (χ1n) is 8.55. The molecule has 9 heteroatoms. The van der Waals surface area contributed by atoms with Gasteiger partial charge in [0.05, 0.1) is 30.2 Å². The lowest BCUT2D eigenvalue weighted by Gasteiger charge is -2.43. The van der Waals surface area contributed by atoms with Crippen LogP contribution in [0.25, 0.3) is 0 Å². The summed E-state index contributed by atoms with van der Waals surface area (Å²) in [5.41, 5.74) is 1.53. The van der Waals surface area contributed by atoms with Gasteiger partial charge in [0, 0.05) is 38.1 Å². The lowest BCUT2D eigenvalue weighted by atomic mass is 10.0. The maximum Gasteiger partial charge on any atom is 0.316 e. The second kappa shape index (κ2) is 7.32. The van der Waals surface area contributed by atoms with Crippen molar-refractivity contribution in [3.63, 3.8) is 0 Å². The Labute approximate surface area is 153 Å². The zero-order chi connectivity index (χ0) is 18.9. The fraction of sp³-hybridized carbons (Fsp3) is 0.588. The quantitative estimate of drug-likeness (QED) is 0.697. The third-order valence-corrected chi connectivity index (χ3v) is 6.54. The number of aromatic nitrogens is 2. The Morgan fingerprint density at radius 1 is 1.23 bits per heavy atom. The summed E-state index contributed by atoms with van der Waals surface area (Å²) in [5, 5.41) is 0. The summed E-state index contributed by atoms with van der Waals surface area (Å²) in [6, 6.07) is -0.323. The Morgan fingerprint density at radius 2 is 1.88 bits per heavy atom. The Morgan fingerprint density at radius 3 is 2.50 bits per heavy atom. The summed E-state index contributed by atoms with van der Waals surface area (Å²) < 4.78 is 29.4. The Bertz CT molecular complexity index is 803. The standard InChI is InChI=1S/C17H24N4O4S/c1-12(2)4-5-20-6-7-21(15-11-26(23,24)10-14(15)20)16(22)13-8-18-17(25-3)19-9-13/h4,8-9,14-15H,5-7,10-11H2,1-3H3/t14-,15+/m1/s1. The third kappa shape index (κ3) is 3.88. The minimum absolute atomic E-state index is 0.00569. The van der Waals surface area contributed by atoms with Crippen molar-refractivity contribution in [3.8, 4) is 6.01 Å². The maximum atomic E-state index is 12.9. The van der Waals surface area contributed by atoms with Crippen molar-refractivity contribution in [3.05, 3.63) is 29.6 Å². The number of rotatable bonds is 4. The van der Waals surface area contributed by atoms with Crippen LogP contribution in [0.3, 0.4) is 0 Å². The van der Waals surface area contributed by atoms with E-state index in [0.29, 0.717) is 25.2 Å². The molecule has 1 aromatic heterocycles. The van der Waals surface area contributed by atoms with E-state index in [9.17, 15) is 13.2 Å². The van der Waals surface area contributed by atoms with Gasteiger partial charge in [0.1, 0.15) is 0 Å². The first kappa shape index (κ1) is 18.8. The third-order valence-electron chi connectivity index (χ3n) is 4.84. The molecule has 0 spiro atoms. The van der Waals surface area contributed by atoms with Crippen molar-refractivity contribution in [2.24, 2.45) is 0 Å². The highest BCUT2D eigenvalue weighted by atomic mass is 32.2. The molecular formula is C17H24N4O4S. The molecule has 0 radical (unpaired) electrons. The summed E-state index contributed by atoms with van der Waals surface area (Å²) in [7, 11) is -1.71. The van der Waals surface area contributed by atoms with Crippen molar-refractivity contribution in [1.82, 2.24) is 19.8 Å². The minimum Gasteiger partial charge on any atom is -0.467 e. The molecule has 3 rings (SSSR count). The van der Waals surface area contributed by atoms with Crippen LogP contribution < -0.4 is 4.74 Å². The van der Waals surface area contributed by atoms with Gasteiger partial charge in [-0.3, -0.25) is 9.69 Å². The highest BCUT2D eigenvalue weighted by molar-refractivity contribution is 7.91. The molecule has 26 heavy (non-hydrogen) atoms. The smallest absolute Gasteiger partial charge is 0.316 e. The predicted octanol–water partition coefficient (Wildman–Crippen LogP) is 0.375. The van der Waals surface area contributed by atoms with Crippen molar-refractivity contribution in [2.45, 2.75) is 25.9 Å². The maximum absolute atomic E-state index is 12.9.